The van der Waals surface area contributed by atoms with Gasteiger partial charge in [-0.1, -0.05) is 18.2 Å². The topological polar surface area (TPSA) is 46.9 Å². The van der Waals surface area contributed by atoms with Gasteiger partial charge in [0.2, 0.25) is 5.91 Å². The second kappa shape index (κ2) is 8.75. The van der Waals surface area contributed by atoms with Crippen molar-refractivity contribution < 1.29 is 13.6 Å². The van der Waals surface area contributed by atoms with E-state index >= 15 is 0 Å². The fourth-order valence-corrected chi connectivity index (χ4v) is 3.16. The quantitative estimate of drug-likeness (QED) is 0.420. The number of nitrogens with zero attached hydrogens (tertiary/aromatic N) is 2. The third-order valence-electron chi connectivity index (χ3n) is 4.74. The molecule has 0 fully saturated rings. The van der Waals surface area contributed by atoms with Gasteiger partial charge < -0.3 is 5.32 Å². The van der Waals surface area contributed by atoms with Crippen LogP contribution in [0.15, 0.2) is 85.1 Å². The Hall–Kier alpha value is -4.06. The largest absolute Gasteiger partial charge is 0.322 e. The van der Waals surface area contributed by atoms with E-state index in [0.717, 1.165) is 11.3 Å². The van der Waals surface area contributed by atoms with Crippen molar-refractivity contribution in [2.75, 3.05) is 5.32 Å². The summed E-state index contributed by atoms with van der Waals surface area (Å²) in [5, 5.41) is 7.38. The zero-order valence-corrected chi connectivity index (χ0v) is 16.7. The van der Waals surface area contributed by atoms with Crippen molar-refractivity contribution in [3.8, 4) is 16.9 Å². The first-order chi connectivity index (χ1) is 15.0. The predicted octanol–water partition coefficient (Wildman–Crippen LogP) is 5.78. The highest BCUT2D eigenvalue weighted by Gasteiger charge is 2.11. The highest BCUT2D eigenvalue weighted by molar-refractivity contribution is 6.02. The summed E-state index contributed by atoms with van der Waals surface area (Å²) in [4.78, 5) is 12.4. The van der Waals surface area contributed by atoms with E-state index in [-0.39, 0.29) is 17.5 Å². The highest BCUT2D eigenvalue weighted by atomic mass is 19.1. The van der Waals surface area contributed by atoms with Crippen LogP contribution in [-0.2, 0) is 4.79 Å². The van der Waals surface area contributed by atoms with Crippen LogP contribution in [0, 0.1) is 18.6 Å². The fourth-order valence-electron chi connectivity index (χ4n) is 3.16. The molecule has 0 atom stereocenters. The summed E-state index contributed by atoms with van der Waals surface area (Å²) >= 11 is 0. The summed E-state index contributed by atoms with van der Waals surface area (Å²) in [5.74, 6) is -1.05. The van der Waals surface area contributed by atoms with Crippen LogP contribution < -0.4 is 5.32 Å². The third kappa shape index (κ3) is 4.75. The molecule has 0 saturated carbocycles. The maximum atomic E-state index is 13.4. The van der Waals surface area contributed by atoms with Gasteiger partial charge in [-0.2, -0.15) is 5.10 Å². The standard InChI is InChI=1S/C25H19F2N3O/c1-17-15-21(27)12-13-23(17)28-24(31)14-9-19-16-30(22-5-3-2-4-6-22)29-25(19)18-7-10-20(26)11-8-18/h2-16H,1H3,(H,28,31). The first kappa shape index (κ1) is 20.2. The molecule has 4 rings (SSSR count). The maximum absolute atomic E-state index is 13.4. The molecule has 0 unspecified atom stereocenters. The second-order valence-electron chi connectivity index (χ2n) is 7.00. The van der Waals surface area contributed by atoms with Gasteiger partial charge in [0.05, 0.1) is 11.4 Å². The number of nitrogens with one attached hydrogen (secondary N) is 1. The number of anilines is 1. The Morgan fingerprint density at radius 1 is 0.968 bits per heavy atom. The SMILES string of the molecule is Cc1cc(F)ccc1NC(=O)C=Cc1cn(-c2ccccc2)nc1-c1ccc(F)cc1. The van der Waals surface area contributed by atoms with E-state index in [1.807, 2.05) is 30.3 Å². The van der Waals surface area contributed by atoms with Crippen LogP contribution in [-0.4, -0.2) is 15.7 Å². The van der Waals surface area contributed by atoms with Crippen LogP contribution in [0.1, 0.15) is 11.1 Å². The van der Waals surface area contributed by atoms with E-state index in [1.54, 1.807) is 36.0 Å². The molecule has 1 N–H and O–H groups in total. The number of hydrogen-bond acceptors (Lipinski definition) is 2. The van der Waals surface area contributed by atoms with Crippen molar-refractivity contribution in [3.63, 3.8) is 0 Å². The summed E-state index contributed by atoms with van der Waals surface area (Å²) < 4.78 is 28.4. The van der Waals surface area contributed by atoms with Crippen LogP contribution in [0.5, 0.6) is 0 Å². The average molecular weight is 415 g/mol. The number of rotatable bonds is 5. The molecule has 0 saturated heterocycles. The Balaban J connectivity index is 1.65. The summed E-state index contributed by atoms with van der Waals surface area (Å²) in [6.07, 6.45) is 4.85. The van der Waals surface area contributed by atoms with Gasteiger partial charge in [0.15, 0.2) is 0 Å². The highest BCUT2D eigenvalue weighted by Crippen LogP contribution is 2.25. The van der Waals surface area contributed by atoms with Crippen molar-refractivity contribution in [1.29, 1.82) is 0 Å². The first-order valence-electron chi connectivity index (χ1n) is 9.66. The predicted molar refractivity (Wildman–Crippen MR) is 118 cm³/mol. The van der Waals surface area contributed by atoms with Crippen molar-refractivity contribution >= 4 is 17.7 Å². The number of halogens is 2. The second-order valence-corrected chi connectivity index (χ2v) is 7.00. The Kier molecular flexibility index (Phi) is 5.71. The summed E-state index contributed by atoms with van der Waals surface area (Å²) in [5.41, 5.74) is 4.06. The Morgan fingerprint density at radius 2 is 1.68 bits per heavy atom. The normalized spacial score (nSPS) is 11.1. The lowest BCUT2D eigenvalue weighted by atomic mass is 10.1. The fraction of sp³-hybridized carbons (Fsp3) is 0.0400. The molecule has 1 amide bonds. The smallest absolute Gasteiger partial charge is 0.248 e. The minimum Gasteiger partial charge on any atom is -0.322 e. The first-order valence-corrected chi connectivity index (χ1v) is 9.66. The number of benzene rings is 3. The number of para-hydroxylation sites is 1. The van der Waals surface area contributed by atoms with Crippen molar-refractivity contribution in [2.45, 2.75) is 6.92 Å². The Bertz CT molecular complexity index is 1250. The number of hydrogen-bond donors (Lipinski definition) is 1. The molecule has 4 nitrogen and oxygen atoms in total. The van der Waals surface area contributed by atoms with Crippen molar-refractivity contribution in [3.05, 3.63) is 108 Å². The number of carbonyl (C=O) groups is 1. The van der Waals surface area contributed by atoms with E-state index in [0.29, 0.717) is 22.5 Å². The van der Waals surface area contributed by atoms with Gasteiger partial charge in [-0.05, 0) is 73.2 Å². The average Bonchev–Trinajstić information content (AvgIpc) is 3.20. The summed E-state index contributed by atoms with van der Waals surface area (Å²) in [6.45, 7) is 1.72. The lowest BCUT2D eigenvalue weighted by Crippen LogP contribution is -2.09. The third-order valence-corrected chi connectivity index (χ3v) is 4.74. The lowest BCUT2D eigenvalue weighted by Gasteiger charge is -2.06. The molecule has 154 valence electrons. The molecule has 3 aromatic carbocycles. The molecule has 0 spiro atoms. The summed E-state index contributed by atoms with van der Waals surface area (Å²) in [7, 11) is 0. The Labute approximate surface area is 178 Å². The number of aryl methyl sites for hydroxylation is 1. The molecule has 4 aromatic rings. The Morgan fingerprint density at radius 3 is 2.39 bits per heavy atom. The molecule has 0 radical (unpaired) electrons. The van der Waals surface area contributed by atoms with E-state index in [4.69, 9.17) is 0 Å². The van der Waals surface area contributed by atoms with Crippen LogP contribution in [0.3, 0.4) is 0 Å². The van der Waals surface area contributed by atoms with E-state index < -0.39 is 0 Å². The number of carbonyl (C=O) groups excluding carboxylic acids is 1. The molecule has 1 aromatic heterocycles. The van der Waals surface area contributed by atoms with Crippen LogP contribution in [0.4, 0.5) is 14.5 Å². The van der Waals surface area contributed by atoms with Crippen LogP contribution >= 0.6 is 0 Å². The molecule has 1 heterocycles. The van der Waals surface area contributed by atoms with Crippen LogP contribution in [0.2, 0.25) is 0 Å². The van der Waals surface area contributed by atoms with Gasteiger partial charge in [-0.15, -0.1) is 0 Å². The van der Waals surface area contributed by atoms with Crippen molar-refractivity contribution in [1.82, 2.24) is 9.78 Å². The van der Waals surface area contributed by atoms with Gasteiger partial charge >= 0.3 is 0 Å². The van der Waals surface area contributed by atoms with E-state index in [1.165, 1.54) is 36.4 Å². The van der Waals surface area contributed by atoms with Gasteiger partial charge in [-0.25, -0.2) is 13.5 Å². The molecular weight excluding hydrogens is 396 g/mol. The van der Waals surface area contributed by atoms with E-state index in [9.17, 15) is 13.6 Å². The van der Waals surface area contributed by atoms with Gasteiger partial charge in [0.1, 0.15) is 11.6 Å². The van der Waals surface area contributed by atoms with Gasteiger partial charge in [0, 0.05) is 29.1 Å². The molecule has 0 aliphatic heterocycles. The minimum absolute atomic E-state index is 0.336. The molecule has 0 aliphatic carbocycles. The number of amides is 1. The van der Waals surface area contributed by atoms with Gasteiger partial charge in [-0.3, -0.25) is 4.79 Å². The zero-order valence-electron chi connectivity index (χ0n) is 16.7. The molecular formula is C25H19F2N3O. The number of aromatic nitrogens is 2. The van der Waals surface area contributed by atoms with Crippen molar-refractivity contribution in [2.24, 2.45) is 0 Å². The molecule has 0 bridgehead atoms. The summed E-state index contributed by atoms with van der Waals surface area (Å²) in [6, 6.07) is 19.8. The lowest BCUT2D eigenvalue weighted by molar-refractivity contribution is -0.111. The zero-order chi connectivity index (χ0) is 21.8. The molecule has 6 heteroatoms. The minimum atomic E-state index is -0.358. The van der Waals surface area contributed by atoms with Gasteiger partial charge in [0.25, 0.3) is 0 Å². The van der Waals surface area contributed by atoms with Crippen LogP contribution in [0.25, 0.3) is 23.0 Å². The monoisotopic (exact) mass is 415 g/mol. The molecule has 0 aliphatic rings. The molecule has 31 heavy (non-hydrogen) atoms. The maximum Gasteiger partial charge on any atom is 0.248 e. The van der Waals surface area contributed by atoms with E-state index in [2.05, 4.69) is 10.4 Å².